The summed E-state index contributed by atoms with van der Waals surface area (Å²) < 4.78 is 19.1. The first kappa shape index (κ1) is 10.2. The summed E-state index contributed by atoms with van der Waals surface area (Å²) in [7, 11) is -4.01. The van der Waals surface area contributed by atoms with Crippen LogP contribution in [0.2, 0.25) is 0 Å². The van der Waals surface area contributed by atoms with Crippen LogP contribution >= 0.6 is 7.82 Å². The van der Waals surface area contributed by atoms with E-state index in [1.54, 1.807) is 0 Å². The monoisotopic (exact) mass is 174 g/mol. The molecule has 0 radical (unpaired) electrons. The summed E-state index contributed by atoms with van der Waals surface area (Å²) in [6, 6.07) is 0. The quantitative estimate of drug-likeness (QED) is 0.494. The molecule has 0 atom stereocenters. The molecule has 0 fully saturated rings. The van der Waals surface area contributed by atoms with E-state index in [0.717, 1.165) is 0 Å². The third-order valence-electron chi connectivity index (χ3n) is 0.622. The number of hydrogen-bond donors (Lipinski definition) is 1. The van der Waals surface area contributed by atoms with Crippen LogP contribution in [0.3, 0.4) is 0 Å². The Morgan fingerprint density at radius 2 is 1.64 bits per heavy atom. The van der Waals surface area contributed by atoms with Crippen molar-refractivity contribution in [1.29, 1.82) is 0 Å². The van der Waals surface area contributed by atoms with Crippen LogP contribution in [-0.4, -0.2) is 18.1 Å². The Labute approximate surface area is 65.1 Å². The van der Waals surface area contributed by atoms with E-state index in [1.165, 1.54) is 0 Å². The summed E-state index contributed by atoms with van der Waals surface area (Å²) >= 11 is 0. The molecular weight excluding hydrogens is 167 g/mol. The number of hydrogen-bond acceptors (Lipinski definition) is 3. The maximum atomic E-state index is 10.7. The first-order chi connectivity index (χ1) is 5.12. The van der Waals surface area contributed by atoms with Gasteiger partial charge in [-0.15, -0.1) is 12.8 Å². The molecule has 0 aromatic rings. The Balaban J connectivity index is 3.75. The zero-order chi connectivity index (χ0) is 8.74. The Morgan fingerprint density at radius 1 is 1.27 bits per heavy atom. The molecular formula is C6H7O4P. The Kier molecular flexibility index (Phi) is 4.61. The summed E-state index contributed by atoms with van der Waals surface area (Å²) in [6.45, 7) is -0.559. The van der Waals surface area contributed by atoms with E-state index >= 15 is 0 Å². The van der Waals surface area contributed by atoms with Gasteiger partial charge in [-0.05, 0) is 0 Å². The van der Waals surface area contributed by atoms with Gasteiger partial charge >= 0.3 is 7.82 Å². The van der Waals surface area contributed by atoms with Gasteiger partial charge in [0.15, 0.2) is 0 Å². The zero-order valence-corrected chi connectivity index (χ0v) is 6.58. The topological polar surface area (TPSA) is 55.8 Å². The van der Waals surface area contributed by atoms with Crippen LogP contribution < -0.4 is 0 Å². The van der Waals surface area contributed by atoms with Gasteiger partial charge in [-0.2, -0.15) is 0 Å². The predicted octanol–water partition coefficient (Wildman–Crippen LogP) is 0.386. The smallest absolute Gasteiger partial charge is 0.302 e. The van der Waals surface area contributed by atoms with Crippen molar-refractivity contribution < 1.29 is 18.5 Å². The van der Waals surface area contributed by atoms with E-state index < -0.39 is 7.82 Å². The molecule has 0 bridgehead atoms. The molecule has 4 nitrogen and oxygen atoms in total. The van der Waals surface area contributed by atoms with Crippen LogP contribution in [0.4, 0.5) is 0 Å². The van der Waals surface area contributed by atoms with Crippen LogP contribution in [0.1, 0.15) is 0 Å². The lowest BCUT2D eigenvalue weighted by atomic mass is 10.8. The number of rotatable bonds is 4. The lowest BCUT2D eigenvalue weighted by Crippen LogP contribution is -1.95. The highest BCUT2D eigenvalue weighted by molar-refractivity contribution is 7.47. The minimum absolute atomic E-state index is 0.279. The van der Waals surface area contributed by atoms with Gasteiger partial charge in [0, 0.05) is 0 Å². The molecule has 0 aliphatic carbocycles. The maximum Gasteiger partial charge on any atom is 0.474 e. The molecule has 0 spiro atoms. The van der Waals surface area contributed by atoms with E-state index in [-0.39, 0.29) is 13.2 Å². The SMILES string of the molecule is C#CCOP(=O)(O)OCC#C. The number of terminal acetylenes is 2. The molecule has 0 amide bonds. The standard InChI is InChI=1S/C6H7O4P/c1-3-5-9-11(7,8)10-6-4-2/h1-2H,5-6H2,(H,7,8). The van der Waals surface area contributed by atoms with Crippen LogP contribution in [-0.2, 0) is 13.6 Å². The van der Waals surface area contributed by atoms with Crippen molar-refractivity contribution in [2.75, 3.05) is 13.2 Å². The highest BCUT2D eigenvalue weighted by atomic mass is 31.2. The van der Waals surface area contributed by atoms with E-state index in [0.29, 0.717) is 0 Å². The van der Waals surface area contributed by atoms with Gasteiger partial charge in [0.25, 0.3) is 0 Å². The Hall–Kier alpha value is -0.770. The minimum atomic E-state index is -4.01. The van der Waals surface area contributed by atoms with Crippen molar-refractivity contribution >= 4 is 7.82 Å². The highest BCUT2D eigenvalue weighted by Gasteiger charge is 2.18. The number of phosphoric ester groups is 1. The molecule has 0 aliphatic heterocycles. The Morgan fingerprint density at radius 3 is 1.91 bits per heavy atom. The summed E-state index contributed by atoms with van der Waals surface area (Å²) in [6.07, 6.45) is 9.52. The molecule has 0 aromatic carbocycles. The van der Waals surface area contributed by atoms with E-state index in [4.69, 9.17) is 17.7 Å². The Bertz CT molecular complexity index is 212. The van der Waals surface area contributed by atoms with Gasteiger partial charge in [-0.25, -0.2) is 4.57 Å². The fourth-order valence-corrected chi connectivity index (χ4v) is 0.825. The predicted molar refractivity (Wildman–Crippen MR) is 39.4 cm³/mol. The van der Waals surface area contributed by atoms with Gasteiger partial charge in [-0.3, -0.25) is 9.05 Å². The second-order valence-corrected chi connectivity index (χ2v) is 2.88. The molecule has 0 heterocycles. The van der Waals surface area contributed by atoms with Crippen LogP contribution in [0, 0.1) is 24.7 Å². The zero-order valence-electron chi connectivity index (χ0n) is 5.69. The third kappa shape index (κ3) is 5.66. The van der Waals surface area contributed by atoms with Gasteiger partial charge in [-0.1, -0.05) is 11.8 Å². The number of phosphoric acid groups is 1. The van der Waals surface area contributed by atoms with Crippen molar-refractivity contribution in [3.05, 3.63) is 0 Å². The second kappa shape index (κ2) is 4.96. The fraction of sp³-hybridized carbons (Fsp3) is 0.333. The molecule has 0 aromatic heterocycles. The molecule has 11 heavy (non-hydrogen) atoms. The first-order valence-corrected chi connectivity index (χ1v) is 4.10. The van der Waals surface area contributed by atoms with Crippen molar-refractivity contribution in [2.45, 2.75) is 0 Å². The lowest BCUT2D eigenvalue weighted by Gasteiger charge is -2.06. The molecule has 0 saturated carbocycles. The molecule has 0 rings (SSSR count). The van der Waals surface area contributed by atoms with Gasteiger partial charge in [0.1, 0.15) is 13.2 Å². The van der Waals surface area contributed by atoms with Crippen molar-refractivity contribution in [3.63, 3.8) is 0 Å². The van der Waals surface area contributed by atoms with Crippen molar-refractivity contribution in [3.8, 4) is 24.7 Å². The van der Waals surface area contributed by atoms with Gasteiger partial charge < -0.3 is 4.89 Å². The van der Waals surface area contributed by atoms with Crippen LogP contribution in [0.15, 0.2) is 0 Å². The minimum Gasteiger partial charge on any atom is -0.302 e. The first-order valence-electron chi connectivity index (χ1n) is 2.61. The van der Waals surface area contributed by atoms with E-state index in [2.05, 4.69) is 9.05 Å². The van der Waals surface area contributed by atoms with Gasteiger partial charge in [0.05, 0.1) is 0 Å². The third-order valence-corrected chi connectivity index (χ3v) is 1.53. The summed E-state index contributed by atoms with van der Waals surface area (Å²) in [5, 5.41) is 0. The van der Waals surface area contributed by atoms with Crippen LogP contribution in [0.5, 0.6) is 0 Å². The highest BCUT2D eigenvalue weighted by Crippen LogP contribution is 2.42. The average Bonchev–Trinajstić information content (AvgIpc) is 1.97. The molecule has 5 heteroatoms. The molecule has 0 aliphatic rings. The summed E-state index contributed by atoms with van der Waals surface area (Å²) in [4.78, 5) is 8.70. The fourth-order valence-electron chi connectivity index (χ4n) is 0.275. The van der Waals surface area contributed by atoms with Crippen LogP contribution in [0.25, 0.3) is 0 Å². The molecule has 0 saturated heterocycles. The second-order valence-electron chi connectivity index (χ2n) is 1.42. The lowest BCUT2D eigenvalue weighted by molar-refractivity contribution is 0.178. The summed E-state index contributed by atoms with van der Waals surface area (Å²) in [5.74, 6) is 4.03. The normalized spacial score (nSPS) is 10.1. The summed E-state index contributed by atoms with van der Waals surface area (Å²) in [5.41, 5.74) is 0. The van der Waals surface area contributed by atoms with E-state index in [9.17, 15) is 4.57 Å². The van der Waals surface area contributed by atoms with E-state index in [1.807, 2.05) is 11.8 Å². The largest absolute Gasteiger partial charge is 0.474 e. The van der Waals surface area contributed by atoms with Crippen molar-refractivity contribution in [2.24, 2.45) is 0 Å². The average molecular weight is 174 g/mol. The molecule has 1 N–H and O–H groups in total. The maximum absolute atomic E-state index is 10.7. The van der Waals surface area contributed by atoms with Gasteiger partial charge in [0.2, 0.25) is 0 Å². The molecule has 0 unspecified atom stereocenters. The van der Waals surface area contributed by atoms with Crippen molar-refractivity contribution in [1.82, 2.24) is 0 Å². The molecule has 60 valence electrons.